The van der Waals surface area contributed by atoms with Crippen molar-refractivity contribution in [2.75, 3.05) is 14.2 Å². The van der Waals surface area contributed by atoms with E-state index in [1.165, 1.54) is 38.3 Å². The second-order valence-electron chi connectivity index (χ2n) is 7.80. The van der Waals surface area contributed by atoms with Crippen LogP contribution in [-0.4, -0.2) is 31.8 Å². The van der Waals surface area contributed by atoms with Crippen LogP contribution in [0.2, 0.25) is 0 Å². The predicted molar refractivity (Wildman–Crippen MR) is 138 cm³/mol. The molecule has 0 saturated carbocycles. The first-order valence-corrected chi connectivity index (χ1v) is 11.5. The molecular weight excluding hydrogens is 462 g/mol. The molecule has 0 saturated heterocycles. The van der Waals surface area contributed by atoms with E-state index in [9.17, 15) is 14.4 Å². The second kappa shape index (κ2) is 9.95. The molecule has 3 aromatic carbocycles. The highest BCUT2D eigenvalue weighted by atomic mass is 32.1. The molecule has 1 N–H and O–H groups in total. The van der Waals surface area contributed by atoms with Crippen LogP contribution in [0, 0.1) is 0 Å². The summed E-state index contributed by atoms with van der Waals surface area (Å²) in [5, 5.41) is 3.33. The quantitative estimate of drug-likeness (QED) is 0.266. The first-order valence-electron chi connectivity index (χ1n) is 10.7. The minimum Gasteiger partial charge on any atom is -0.496 e. The molecule has 0 aliphatic carbocycles. The minimum atomic E-state index is -0.528. The van der Waals surface area contributed by atoms with Crippen molar-refractivity contribution >= 4 is 44.6 Å². The molecule has 0 bridgehead atoms. The average Bonchev–Trinajstić information content (AvgIpc) is 3.31. The van der Waals surface area contributed by atoms with Crippen molar-refractivity contribution in [3.63, 3.8) is 0 Å². The molecule has 0 atom stereocenters. The molecule has 0 aliphatic rings. The molecule has 1 heterocycles. The van der Waals surface area contributed by atoms with Crippen LogP contribution in [0.25, 0.3) is 26.1 Å². The Morgan fingerprint density at radius 3 is 2.14 bits per heavy atom. The fourth-order valence-corrected chi connectivity index (χ4v) is 4.83. The largest absolute Gasteiger partial charge is 0.496 e. The van der Waals surface area contributed by atoms with Gasteiger partial charge in [-0.25, -0.2) is 0 Å². The topological polar surface area (TPSA) is 81.7 Å². The highest BCUT2D eigenvalue weighted by molar-refractivity contribution is 7.22. The molecule has 6 nitrogen and oxygen atoms in total. The van der Waals surface area contributed by atoms with E-state index >= 15 is 0 Å². The highest BCUT2D eigenvalue weighted by Crippen LogP contribution is 2.43. The summed E-state index contributed by atoms with van der Waals surface area (Å²) in [5.74, 6) is -0.209. The van der Waals surface area contributed by atoms with Crippen molar-refractivity contribution in [1.29, 1.82) is 0 Å². The maximum absolute atomic E-state index is 13.3. The lowest BCUT2D eigenvalue weighted by molar-refractivity contribution is -0.118. The highest BCUT2D eigenvalue weighted by Gasteiger charge is 2.21. The fourth-order valence-electron chi connectivity index (χ4n) is 3.74. The van der Waals surface area contributed by atoms with Crippen molar-refractivity contribution in [2.45, 2.75) is 6.92 Å². The standard InChI is InChI=1S/C28H23NO5S/c1-16(27(31)18-9-11-19(12-10-18)28(32)29-17(2)30)21-14-22(24(34-4)15-23(21)33-3)26-13-20-7-5-6-8-25(20)35-26/h5-15H,1H2,2-4H3,(H,29,30,32). The number of benzene rings is 3. The maximum Gasteiger partial charge on any atom is 0.257 e. The normalized spacial score (nSPS) is 10.6. The van der Waals surface area contributed by atoms with E-state index in [1.54, 1.807) is 24.5 Å². The molecular formula is C28H23NO5S. The molecule has 0 spiro atoms. The summed E-state index contributed by atoms with van der Waals surface area (Å²) in [4.78, 5) is 37.4. The van der Waals surface area contributed by atoms with Gasteiger partial charge in [0.05, 0.1) is 14.2 Å². The van der Waals surface area contributed by atoms with Gasteiger partial charge in [-0.15, -0.1) is 11.3 Å². The number of hydrogen-bond acceptors (Lipinski definition) is 6. The summed E-state index contributed by atoms with van der Waals surface area (Å²) in [7, 11) is 3.12. The van der Waals surface area contributed by atoms with Crippen LogP contribution in [-0.2, 0) is 4.79 Å². The zero-order chi connectivity index (χ0) is 25.1. The second-order valence-corrected chi connectivity index (χ2v) is 8.88. The zero-order valence-electron chi connectivity index (χ0n) is 19.5. The Morgan fingerprint density at radius 1 is 0.857 bits per heavy atom. The Balaban J connectivity index is 1.71. The molecule has 7 heteroatoms. The lowest BCUT2D eigenvalue weighted by atomic mass is 9.94. The third-order valence-electron chi connectivity index (χ3n) is 5.51. The van der Waals surface area contributed by atoms with Gasteiger partial charge in [0.1, 0.15) is 11.5 Å². The van der Waals surface area contributed by atoms with Gasteiger partial charge in [-0.05, 0) is 35.7 Å². The summed E-state index contributed by atoms with van der Waals surface area (Å²) in [6, 6.07) is 19.8. The van der Waals surface area contributed by atoms with E-state index in [4.69, 9.17) is 9.47 Å². The lowest BCUT2D eigenvalue weighted by Gasteiger charge is -2.15. The summed E-state index contributed by atoms with van der Waals surface area (Å²) in [6.07, 6.45) is 0. The third-order valence-corrected chi connectivity index (χ3v) is 6.66. The first-order chi connectivity index (χ1) is 16.8. The van der Waals surface area contributed by atoms with Gasteiger partial charge in [-0.3, -0.25) is 19.7 Å². The van der Waals surface area contributed by atoms with Crippen molar-refractivity contribution in [1.82, 2.24) is 5.32 Å². The molecule has 2 amide bonds. The Morgan fingerprint density at radius 2 is 1.51 bits per heavy atom. The Labute approximate surface area is 206 Å². The molecule has 0 aliphatic heterocycles. The van der Waals surface area contributed by atoms with Crippen LogP contribution in [0.5, 0.6) is 11.5 Å². The number of ether oxygens (including phenoxy) is 2. The summed E-state index contributed by atoms with van der Waals surface area (Å²) >= 11 is 1.63. The van der Waals surface area contributed by atoms with Gasteiger partial charge in [0.25, 0.3) is 5.91 Å². The van der Waals surface area contributed by atoms with E-state index in [-0.39, 0.29) is 16.9 Å². The van der Waals surface area contributed by atoms with Crippen LogP contribution in [0.15, 0.2) is 73.3 Å². The van der Waals surface area contributed by atoms with E-state index < -0.39 is 11.8 Å². The molecule has 35 heavy (non-hydrogen) atoms. The van der Waals surface area contributed by atoms with Crippen LogP contribution in [0.4, 0.5) is 0 Å². The summed E-state index contributed by atoms with van der Waals surface area (Å²) in [6.45, 7) is 5.31. The number of fused-ring (bicyclic) bond motifs is 1. The Kier molecular flexibility index (Phi) is 6.80. The molecule has 176 valence electrons. The minimum absolute atomic E-state index is 0.243. The average molecular weight is 486 g/mol. The first kappa shape index (κ1) is 23.9. The maximum atomic E-state index is 13.3. The lowest BCUT2D eigenvalue weighted by Crippen LogP contribution is -2.27. The van der Waals surface area contributed by atoms with E-state index in [0.717, 1.165) is 20.5 Å². The summed E-state index contributed by atoms with van der Waals surface area (Å²) in [5.41, 5.74) is 2.25. The number of allylic oxidation sites excluding steroid dienone is 1. The number of amides is 2. The summed E-state index contributed by atoms with van der Waals surface area (Å²) < 4.78 is 12.3. The number of rotatable bonds is 7. The smallest absolute Gasteiger partial charge is 0.257 e. The third kappa shape index (κ3) is 4.85. The predicted octanol–water partition coefficient (Wildman–Crippen LogP) is 5.76. The van der Waals surface area contributed by atoms with Gasteiger partial charge in [0.15, 0.2) is 5.78 Å². The number of imide groups is 1. The number of methoxy groups -OCH3 is 2. The number of ketones is 1. The fraction of sp³-hybridized carbons (Fsp3) is 0.107. The number of Topliss-reactive ketones (excluding diaryl/α,β-unsaturated/α-hetero) is 1. The van der Waals surface area contributed by atoms with E-state index in [0.29, 0.717) is 22.6 Å². The van der Waals surface area contributed by atoms with Crippen molar-refractivity contribution in [3.8, 4) is 21.9 Å². The molecule has 0 radical (unpaired) electrons. The van der Waals surface area contributed by atoms with Crippen LogP contribution in [0.1, 0.15) is 33.2 Å². The molecule has 1 aromatic heterocycles. The molecule has 4 rings (SSSR count). The Hall–Kier alpha value is -4.23. The van der Waals surface area contributed by atoms with Gasteiger partial charge in [-0.2, -0.15) is 0 Å². The van der Waals surface area contributed by atoms with Gasteiger partial charge in [0, 0.05) is 50.4 Å². The van der Waals surface area contributed by atoms with Crippen LogP contribution >= 0.6 is 11.3 Å². The van der Waals surface area contributed by atoms with Gasteiger partial charge >= 0.3 is 0 Å². The number of hydrogen-bond donors (Lipinski definition) is 1. The van der Waals surface area contributed by atoms with Crippen molar-refractivity contribution in [3.05, 3.63) is 90.0 Å². The van der Waals surface area contributed by atoms with Gasteiger partial charge < -0.3 is 9.47 Å². The molecule has 0 fully saturated rings. The van der Waals surface area contributed by atoms with Crippen molar-refractivity contribution < 1.29 is 23.9 Å². The van der Waals surface area contributed by atoms with Gasteiger partial charge in [-0.1, -0.05) is 36.9 Å². The van der Waals surface area contributed by atoms with Gasteiger partial charge in [0.2, 0.25) is 5.91 Å². The van der Waals surface area contributed by atoms with E-state index in [1.807, 2.05) is 18.2 Å². The number of carbonyl (C=O) groups is 3. The number of thiophene rings is 1. The molecule has 4 aromatic rings. The van der Waals surface area contributed by atoms with Crippen LogP contribution in [0.3, 0.4) is 0 Å². The zero-order valence-corrected chi connectivity index (χ0v) is 20.3. The molecule has 0 unspecified atom stereocenters. The Bertz CT molecular complexity index is 1430. The number of nitrogens with one attached hydrogen (secondary N) is 1. The number of carbonyl (C=O) groups excluding carboxylic acids is 3. The van der Waals surface area contributed by atoms with E-state index in [2.05, 4.69) is 30.1 Å². The van der Waals surface area contributed by atoms with Crippen LogP contribution < -0.4 is 14.8 Å². The monoisotopic (exact) mass is 485 g/mol. The van der Waals surface area contributed by atoms with Crippen molar-refractivity contribution in [2.24, 2.45) is 0 Å². The SMILES string of the molecule is C=C(C(=O)c1ccc(C(=O)NC(C)=O)cc1)c1cc(-c2cc3ccccc3s2)c(OC)cc1OC.